The van der Waals surface area contributed by atoms with Crippen LogP contribution < -0.4 is 0 Å². The van der Waals surface area contributed by atoms with E-state index in [2.05, 4.69) is 47.8 Å². The Balaban J connectivity index is 0. The van der Waals surface area contributed by atoms with Gasteiger partial charge in [0.15, 0.2) is 0 Å². The van der Waals surface area contributed by atoms with Gasteiger partial charge < -0.3 is 0 Å². The lowest BCUT2D eigenvalue weighted by molar-refractivity contribution is 0.626. The van der Waals surface area contributed by atoms with Gasteiger partial charge in [0.25, 0.3) is 0 Å². The van der Waals surface area contributed by atoms with Crippen LogP contribution in [-0.2, 0) is 0 Å². The maximum Gasteiger partial charge on any atom is -0.0263 e. The zero-order chi connectivity index (χ0) is 19.3. The largest absolute Gasteiger partial charge is 0.0985 e. The SMILES string of the molecule is C=Cc1ccccc1.C=Cc1ccccc1.CCC(C)C.CCCC. The summed E-state index contributed by atoms with van der Waals surface area (Å²) >= 11 is 0. The van der Waals surface area contributed by atoms with Crippen LogP contribution in [0.5, 0.6) is 0 Å². The fourth-order valence-electron chi connectivity index (χ4n) is 1.18. The maximum absolute atomic E-state index is 3.63. The number of hydrogen-bond donors (Lipinski definition) is 0. The fraction of sp³-hybridized carbons (Fsp3) is 0.360. The molecule has 0 aliphatic heterocycles. The van der Waals surface area contributed by atoms with Gasteiger partial charge in [0.05, 0.1) is 0 Å². The van der Waals surface area contributed by atoms with Crippen LogP contribution in [0.15, 0.2) is 73.8 Å². The summed E-state index contributed by atoms with van der Waals surface area (Å²) in [4.78, 5) is 0. The van der Waals surface area contributed by atoms with E-state index in [9.17, 15) is 0 Å². The topological polar surface area (TPSA) is 0 Å². The van der Waals surface area contributed by atoms with Crippen LogP contribution in [0.1, 0.15) is 65.0 Å². The molecule has 138 valence electrons. The summed E-state index contributed by atoms with van der Waals surface area (Å²) in [7, 11) is 0. The molecule has 0 nitrogen and oxygen atoms in total. The summed E-state index contributed by atoms with van der Waals surface area (Å²) in [5, 5.41) is 0. The van der Waals surface area contributed by atoms with Gasteiger partial charge in [-0.25, -0.2) is 0 Å². The summed E-state index contributed by atoms with van der Waals surface area (Å²) in [6.07, 6.45) is 7.61. The lowest BCUT2D eigenvalue weighted by Crippen LogP contribution is -1.77. The average molecular weight is 339 g/mol. The fourth-order valence-corrected chi connectivity index (χ4v) is 1.18. The van der Waals surface area contributed by atoms with Crippen molar-refractivity contribution in [2.75, 3.05) is 0 Å². The van der Waals surface area contributed by atoms with Crippen molar-refractivity contribution in [1.82, 2.24) is 0 Å². The monoisotopic (exact) mass is 338 g/mol. The first-order chi connectivity index (χ1) is 12.0. The molecular formula is C25H38. The highest BCUT2D eigenvalue weighted by Gasteiger charge is 1.80. The molecule has 0 radical (unpaired) electrons. The van der Waals surface area contributed by atoms with Crippen molar-refractivity contribution >= 4 is 12.2 Å². The molecule has 2 aromatic rings. The summed E-state index contributed by atoms with van der Waals surface area (Å²) < 4.78 is 0. The molecule has 0 saturated heterocycles. The highest BCUT2D eigenvalue weighted by Crippen LogP contribution is 1.98. The average Bonchev–Trinajstić information content (AvgIpc) is 2.70. The number of hydrogen-bond acceptors (Lipinski definition) is 0. The van der Waals surface area contributed by atoms with E-state index in [1.165, 1.54) is 30.4 Å². The zero-order valence-corrected chi connectivity index (χ0v) is 17.0. The minimum absolute atomic E-state index is 0.884. The van der Waals surface area contributed by atoms with Crippen LogP contribution >= 0.6 is 0 Å². The molecular weight excluding hydrogens is 300 g/mol. The predicted molar refractivity (Wildman–Crippen MR) is 119 cm³/mol. The van der Waals surface area contributed by atoms with E-state index in [1.807, 2.05) is 72.8 Å². The normalized spacial score (nSPS) is 8.56. The van der Waals surface area contributed by atoms with Gasteiger partial charge in [0.1, 0.15) is 0 Å². The van der Waals surface area contributed by atoms with Crippen LogP contribution in [0, 0.1) is 5.92 Å². The second-order valence-corrected chi connectivity index (χ2v) is 6.03. The highest BCUT2D eigenvalue weighted by atomic mass is 13.9. The van der Waals surface area contributed by atoms with Gasteiger partial charge in [0.2, 0.25) is 0 Å². The van der Waals surface area contributed by atoms with Crippen LogP contribution in [0.2, 0.25) is 0 Å². The van der Waals surface area contributed by atoms with E-state index in [0.29, 0.717) is 0 Å². The molecule has 0 heteroatoms. The number of unbranched alkanes of at least 4 members (excludes halogenated alkanes) is 1. The third-order valence-electron chi connectivity index (χ3n) is 3.39. The van der Waals surface area contributed by atoms with E-state index in [0.717, 1.165) is 5.92 Å². The Bertz CT molecular complexity index is 449. The smallest absolute Gasteiger partial charge is 0.0263 e. The molecule has 2 rings (SSSR count). The molecule has 0 spiro atoms. The van der Waals surface area contributed by atoms with E-state index in [1.54, 1.807) is 0 Å². The molecule has 0 heterocycles. The van der Waals surface area contributed by atoms with E-state index >= 15 is 0 Å². The molecule has 0 aromatic heterocycles. The Kier molecular flexibility index (Phi) is 20.1. The van der Waals surface area contributed by atoms with Crippen molar-refractivity contribution in [3.05, 3.63) is 84.9 Å². The van der Waals surface area contributed by atoms with E-state index < -0.39 is 0 Å². The Morgan fingerprint density at radius 3 is 1.08 bits per heavy atom. The van der Waals surface area contributed by atoms with Gasteiger partial charge in [0, 0.05) is 0 Å². The molecule has 2 aromatic carbocycles. The minimum Gasteiger partial charge on any atom is -0.0985 e. The third kappa shape index (κ3) is 19.9. The minimum atomic E-state index is 0.884. The lowest BCUT2D eigenvalue weighted by atomic mass is 10.2. The van der Waals surface area contributed by atoms with Crippen molar-refractivity contribution in [2.45, 2.75) is 53.9 Å². The van der Waals surface area contributed by atoms with E-state index in [4.69, 9.17) is 0 Å². The molecule has 0 aliphatic rings. The van der Waals surface area contributed by atoms with Crippen molar-refractivity contribution in [1.29, 1.82) is 0 Å². The predicted octanol–water partition coefficient (Wildman–Crippen LogP) is 8.52. The standard InChI is InChI=1S/2C8H8.C5H12.C4H10/c2*1-2-8-6-4-3-5-7-8;1-4-5(2)3;1-3-4-2/h2*2-7H,1H2;5H,4H2,1-3H3;3-4H2,1-2H3. The molecule has 25 heavy (non-hydrogen) atoms. The molecule has 0 unspecified atom stereocenters. The first-order valence-electron chi connectivity index (χ1n) is 9.40. The summed E-state index contributed by atoms with van der Waals surface area (Å²) in [6, 6.07) is 20.1. The molecule has 0 saturated carbocycles. The molecule has 0 fully saturated rings. The second kappa shape index (κ2) is 20.0. The summed E-state index contributed by atoms with van der Waals surface area (Å²) in [6.45, 7) is 18.3. The van der Waals surface area contributed by atoms with Gasteiger partial charge in [-0.2, -0.15) is 0 Å². The second-order valence-electron chi connectivity index (χ2n) is 6.03. The number of benzene rings is 2. The van der Waals surface area contributed by atoms with Crippen LogP contribution in [-0.4, -0.2) is 0 Å². The molecule has 0 N–H and O–H groups in total. The maximum atomic E-state index is 3.63. The van der Waals surface area contributed by atoms with Gasteiger partial charge in [-0.1, -0.05) is 140 Å². The summed E-state index contributed by atoms with van der Waals surface area (Å²) in [5.41, 5.74) is 2.35. The van der Waals surface area contributed by atoms with Gasteiger partial charge >= 0.3 is 0 Å². The summed E-state index contributed by atoms with van der Waals surface area (Å²) in [5.74, 6) is 0.884. The first-order valence-corrected chi connectivity index (χ1v) is 9.40. The Morgan fingerprint density at radius 1 is 0.680 bits per heavy atom. The van der Waals surface area contributed by atoms with Crippen LogP contribution in [0.4, 0.5) is 0 Å². The number of rotatable bonds is 4. The molecule has 0 atom stereocenters. The van der Waals surface area contributed by atoms with Crippen LogP contribution in [0.25, 0.3) is 12.2 Å². The van der Waals surface area contributed by atoms with Crippen molar-refractivity contribution < 1.29 is 0 Å². The Hall–Kier alpha value is -2.08. The highest BCUT2D eigenvalue weighted by molar-refractivity contribution is 5.46. The lowest BCUT2D eigenvalue weighted by Gasteiger charge is -1.90. The van der Waals surface area contributed by atoms with E-state index in [-0.39, 0.29) is 0 Å². The Morgan fingerprint density at radius 2 is 0.960 bits per heavy atom. The zero-order valence-electron chi connectivity index (χ0n) is 17.0. The molecule has 0 aliphatic carbocycles. The molecule has 0 amide bonds. The van der Waals surface area contributed by atoms with Gasteiger partial charge in [-0.15, -0.1) is 0 Å². The van der Waals surface area contributed by atoms with Gasteiger partial charge in [-0.05, 0) is 17.0 Å². The Labute approximate surface area is 157 Å². The van der Waals surface area contributed by atoms with Crippen LogP contribution in [0.3, 0.4) is 0 Å². The van der Waals surface area contributed by atoms with Crippen molar-refractivity contribution in [3.63, 3.8) is 0 Å². The van der Waals surface area contributed by atoms with Crippen molar-refractivity contribution in [2.24, 2.45) is 5.92 Å². The van der Waals surface area contributed by atoms with Crippen molar-refractivity contribution in [3.8, 4) is 0 Å². The first kappa shape index (κ1) is 25.2. The van der Waals surface area contributed by atoms with Gasteiger partial charge in [-0.3, -0.25) is 0 Å². The third-order valence-corrected chi connectivity index (χ3v) is 3.39. The molecule has 0 bridgehead atoms. The quantitative estimate of drug-likeness (QED) is 0.524.